The zero-order valence-electron chi connectivity index (χ0n) is 14.8. The number of nitrogens with one attached hydrogen (secondary N) is 1. The summed E-state index contributed by atoms with van der Waals surface area (Å²) in [5.74, 6) is -0.631. The smallest absolute Gasteiger partial charge is 0.286 e. The molecular formula is C19H17FN4O2S2. The maximum atomic E-state index is 13.0. The Morgan fingerprint density at radius 1 is 1.18 bits per heavy atom. The van der Waals surface area contributed by atoms with Gasteiger partial charge in [0, 0.05) is 24.7 Å². The maximum Gasteiger partial charge on any atom is 0.286 e. The Bertz CT molecular complexity index is 972. The summed E-state index contributed by atoms with van der Waals surface area (Å²) in [7, 11) is 0. The lowest BCUT2D eigenvalue weighted by molar-refractivity contribution is 0.0711. The van der Waals surface area contributed by atoms with Crippen molar-refractivity contribution in [1.82, 2.24) is 15.1 Å². The number of hydrogen-bond donors (Lipinski definition) is 1. The number of benzene rings is 1. The monoisotopic (exact) mass is 416 g/mol. The van der Waals surface area contributed by atoms with Crippen LogP contribution < -0.4 is 5.32 Å². The molecule has 144 valence electrons. The minimum Gasteiger partial charge on any atom is -0.337 e. The highest BCUT2D eigenvalue weighted by Gasteiger charge is 2.28. The topological polar surface area (TPSA) is 75.2 Å². The Balaban J connectivity index is 1.42. The molecule has 3 aromatic rings. The summed E-state index contributed by atoms with van der Waals surface area (Å²) in [5.41, 5.74) is 0.494. The van der Waals surface area contributed by atoms with Gasteiger partial charge in [-0.2, -0.15) is 0 Å². The van der Waals surface area contributed by atoms with E-state index < -0.39 is 0 Å². The summed E-state index contributed by atoms with van der Waals surface area (Å²) in [6, 6.07) is 9.25. The average Bonchev–Trinajstić information content (AvgIpc) is 3.41. The van der Waals surface area contributed by atoms with Gasteiger partial charge in [0.15, 0.2) is 0 Å². The third kappa shape index (κ3) is 4.10. The fourth-order valence-corrected chi connectivity index (χ4v) is 4.68. The van der Waals surface area contributed by atoms with Crippen LogP contribution in [0.25, 0.3) is 0 Å². The van der Waals surface area contributed by atoms with E-state index in [1.807, 2.05) is 22.4 Å². The van der Waals surface area contributed by atoms with Crippen molar-refractivity contribution in [2.24, 2.45) is 0 Å². The predicted octanol–water partition coefficient (Wildman–Crippen LogP) is 4.01. The highest BCUT2D eigenvalue weighted by atomic mass is 32.1. The van der Waals surface area contributed by atoms with Crippen molar-refractivity contribution in [3.8, 4) is 0 Å². The number of halogens is 1. The van der Waals surface area contributed by atoms with Crippen LogP contribution in [0.15, 0.2) is 41.8 Å². The number of thiophene rings is 1. The fraction of sp³-hybridized carbons (Fsp3) is 0.263. The Morgan fingerprint density at radius 2 is 2.00 bits per heavy atom. The number of aromatic nitrogens is 2. The number of rotatable bonds is 4. The molecule has 1 aliphatic rings. The minimum absolute atomic E-state index is 0.0403. The van der Waals surface area contributed by atoms with E-state index in [4.69, 9.17) is 0 Å². The first-order chi connectivity index (χ1) is 13.6. The summed E-state index contributed by atoms with van der Waals surface area (Å²) < 4.78 is 13.0. The number of anilines is 1. The van der Waals surface area contributed by atoms with Crippen LogP contribution in [0.2, 0.25) is 0 Å². The Morgan fingerprint density at radius 3 is 2.75 bits per heavy atom. The first kappa shape index (κ1) is 18.7. The van der Waals surface area contributed by atoms with Crippen molar-refractivity contribution >= 4 is 40.2 Å². The van der Waals surface area contributed by atoms with Crippen LogP contribution in [0.4, 0.5) is 10.1 Å². The van der Waals surface area contributed by atoms with E-state index in [1.165, 1.54) is 46.9 Å². The second-order valence-electron chi connectivity index (χ2n) is 6.47. The van der Waals surface area contributed by atoms with Crippen molar-refractivity contribution in [1.29, 1.82) is 0 Å². The number of carbonyl (C=O) groups is 2. The van der Waals surface area contributed by atoms with Gasteiger partial charge in [-0.3, -0.25) is 9.59 Å². The van der Waals surface area contributed by atoms with Crippen molar-refractivity contribution in [3.63, 3.8) is 0 Å². The summed E-state index contributed by atoms with van der Waals surface area (Å²) >= 11 is 2.68. The Labute approximate surface area is 169 Å². The van der Waals surface area contributed by atoms with E-state index in [-0.39, 0.29) is 28.6 Å². The molecule has 2 aromatic heterocycles. The van der Waals surface area contributed by atoms with Gasteiger partial charge in [0.05, 0.1) is 4.88 Å². The number of nitrogens with zero attached hydrogens (tertiary/aromatic N) is 3. The van der Waals surface area contributed by atoms with Gasteiger partial charge in [-0.25, -0.2) is 4.39 Å². The summed E-state index contributed by atoms with van der Waals surface area (Å²) in [5, 5.41) is 13.8. The first-order valence-corrected chi connectivity index (χ1v) is 10.5. The third-order valence-electron chi connectivity index (χ3n) is 4.53. The normalized spacial score (nSPS) is 16.8. The molecule has 6 nitrogen and oxygen atoms in total. The molecule has 28 heavy (non-hydrogen) atoms. The van der Waals surface area contributed by atoms with Gasteiger partial charge >= 0.3 is 0 Å². The molecular weight excluding hydrogens is 399 g/mol. The zero-order valence-corrected chi connectivity index (χ0v) is 16.4. The zero-order chi connectivity index (χ0) is 19.5. The van der Waals surface area contributed by atoms with Crippen LogP contribution in [-0.2, 0) is 0 Å². The van der Waals surface area contributed by atoms with Crippen molar-refractivity contribution in [3.05, 3.63) is 62.5 Å². The molecule has 0 radical (unpaired) electrons. The minimum atomic E-state index is -0.377. The Kier molecular flexibility index (Phi) is 5.45. The van der Waals surface area contributed by atoms with Gasteiger partial charge in [0.1, 0.15) is 10.8 Å². The van der Waals surface area contributed by atoms with Crippen LogP contribution in [0, 0.1) is 5.82 Å². The molecule has 0 spiro atoms. The van der Waals surface area contributed by atoms with E-state index in [9.17, 15) is 14.0 Å². The fourth-order valence-electron chi connectivity index (χ4n) is 3.13. The molecule has 0 unspecified atom stereocenters. The molecule has 0 bridgehead atoms. The molecule has 1 aromatic carbocycles. The van der Waals surface area contributed by atoms with Crippen molar-refractivity contribution < 1.29 is 14.0 Å². The highest BCUT2D eigenvalue weighted by Crippen LogP contribution is 2.30. The standard InChI is InChI=1S/C19H17FN4O2S2/c20-13-5-7-14(8-6-13)21-16(25)18-23-22-17(28-18)12-3-1-9-24(11-12)19(26)15-4-2-10-27-15/h2,4-8,10,12H,1,3,9,11H2,(H,21,25)/t12-/m1/s1. The number of piperidine rings is 1. The van der Waals surface area contributed by atoms with E-state index in [1.54, 1.807) is 0 Å². The van der Waals surface area contributed by atoms with E-state index in [0.717, 1.165) is 29.3 Å². The lowest BCUT2D eigenvalue weighted by Crippen LogP contribution is -2.38. The van der Waals surface area contributed by atoms with Crippen molar-refractivity contribution in [2.75, 3.05) is 18.4 Å². The first-order valence-electron chi connectivity index (χ1n) is 8.83. The molecule has 1 aliphatic heterocycles. The quantitative estimate of drug-likeness (QED) is 0.697. The van der Waals surface area contributed by atoms with Crippen LogP contribution in [-0.4, -0.2) is 40.0 Å². The van der Waals surface area contributed by atoms with E-state index >= 15 is 0 Å². The largest absolute Gasteiger partial charge is 0.337 e. The third-order valence-corrected chi connectivity index (χ3v) is 6.47. The van der Waals surface area contributed by atoms with E-state index in [2.05, 4.69) is 15.5 Å². The van der Waals surface area contributed by atoms with Crippen LogP contribution >= 0.6 is 22.7 Å². The Hall–Kier alpha value is -2.65. The molecule has 1 N–H and O–H groups in total. The van der Waals surface area contributed by atoms with Gasteiger partial charge in [0.2, 0.25) is 5.01 Å². The maximum absolute atomic E-state index is 13.0. The molecule has 1 atom stereocenters. The molecule has 4 rings (SSSR count). The van der Waals surface area contributed by atoms with Gasteiger partial charge in [-0.15, -0.1) is 21.5 Å². The van der Waals surface area contributed by atoms with Crippen LogP contribution in [0.5, 0.6) is 0 Å². The molecule has 2 amide bonds. The molecule has 0 aliphatic carbocycles. The van der Waals surface area contributed by atoms with Crippen LogP contribution in [0.3, 0.4) is 0 Å². The number of amides is 2. The summed E-state index contributed by atoms with van der Waals surface area (Å²) in [6.45, 7) is 1.30. The molecule has 1 saturated heterocycles. The average molecular weight is 417 g/mol. The number of likely N-dealkylation sites (tertiary alicyclic amines) is 1. The lowest BCUT2D eigenvalue weighted by atomic mass is 9.98. The molecule has 9 heteroatoms. The molecule has 0 saturated carbocycles. The van der Waals surface area contributed by atoms with Gasteiger partial charge in [-0.05, 0) is 48.6 Å². The second-order valence-corrected chi connectivity index (χ2v) is 8.43. The summed E-state index contributed by atoms with van der Waals surface area (Å²) in [4.78, 5) is 27.5. The van der Waals surface area contributed by atoms with E-state index in [0.29, 0.717) is 12.2 Å². The summed E-state index contributed by atoms with van der Waals surface area (Å²) in [6.07, 6.45) is 1.79. The lowest BCUT2D eigenvalue weighted by Gasteiger charge is -2.31. The predicted molar refractivity (Wildman–Crippen MR) is 106 cm³/mol. The SMILES string of the molecule is O=C(Nc1ccc(F)cc1)c1nnc([C@@H]2CCCN(C(=O)c3cccs3)C2)s1. The second kappa shape index (κ2) is 8.15. The van der Waals surface area contributed by atoms with Gasteiger partial charge < -0.3 is 10.2 Å². The molecule has 1 fully saturated rings. The van der Waals surface area contributed by atoms with Gasteiger partial charge in [-0.1, -0.05) is 17.4 Å². The number of hydrogen-bond acceptors (Lipinski definition) is 6. The van der Waals surface area contributed by atoms with Gasteiger partial charge in [0.25, 0.3) is 11.8 Å². The van der Waals surface area contributed by atoms with Crippen molar-refractivity contribution in [2.45, 2.75) is 18.8 Å². The molecule has 3 heterocycles. The van der Waals surface area contributed by atoms with Crippen LogP contribution in [0.1, 0.15) is 43.2 Å². The highest BCUT2D eigenvalue weighted by molar-refractivity contribution is 7.13. The number of carbonyl (C=O) groups excluding carboxylic acids is 2.